The van der Waals surface area contributed by atoms with Crippen molar-refractivity contribution >= 4 is 29.9 Å². The third-order valence-electron chi connectivity index (χ3n) is 5.31. The van der Waals surface area contributed by atoms with E-state index in [1.165, 1.54) is 12.4 Å². The van der Waals surface area contributed by atoms with E-state index in [1.807, 2.05) is 30.3 Å². The number of benzene rings is 1. The Morgan fingerprint density at radius 3 is 2.44 bits per heavy atom. The molecule has 1 saturated carbocycles. The Hall–Kier alpha value is -2.22. The second-order valence-corrected chi connectivity index (χ2v) is 7.08. The summed E-state index contributed by atoms with van der Waals surface area (Å²) in [4.78, 5) is 20.9. The second-order valence-electron chi connectivity index (χ2n) is 7.08. The Morgan fingerprint density at radius 2 is 1.74 bits per heavy atom. The minimum absolute atomic E-state index is 0. The lowest BCUT2D eigenvalue weighted by Crippen LogP contribution is -2.49. The molecular formula is C19H24ClN5O2. The third-order valence-corrected chi connectivity index (χ3v) is 5.31. The largest absolute Gasteiger partial charge is 0.391 e. The van der Waals surface area contributed by atoms with Crippen molar-refractivity contribution < 1.29 is 9.90 Å². The molecule has 0 bridgehead atoms. The highest BCUT2D eigenvalue weighted by atomic mass is 35.5. The molecule has 1 aromatic carbocycles. The summed E-state index contributed by atoms with van der Waals surface area (Å²) in [6, 6.07) is 9.39. The molecule has 2 aromatic rings. The van der Waals surface area contributed by atoms with Gasteiger partial charge in [-0.1, -0.05) is 18.2 Å². The molecule has 27 heavy (non-hydrogen) atoms. The highest BCUT2D eigenvalue weighted by molar-refractivity contribution is 5.93. The van der Waals surface area contributed by atoms with Crippen LogP contribution in [0.3, 0.4) is 0 Å². The van der Waals surface area contributed by atoms with E-state index < -0.39 is 6.10 Å². The number of aliphatic hydroxyl groups is 1. The second kappa shape index (κ2) is 8.65. The molecule has 2 fully saturated rings. The summed E-state index contributed by atoms with van der Waals surface area (Å²) in [6.45, 7) is 1.93. The predicted molar refractivity (Wildman–Crippen MR) is 105 cm³/mol. The summed E-state index contributed by atoms with van der Waals surface area (Å²) in [5.74, 6) is 1.23. The van der Waals surface area contributed by atoms with E-state index in [2.05, 4.69) is 25.9 Å². The zero-order chi connectivity index (χ0) is 17.9. The molecule has 0 spiro atoms. The van der Waals surface area contributed by atoms with Gasteiger partial charge >= 0.3 is 0 Å². The Balaban J connectivity index is 0.00000210. The van der Waals surface area contributed by atoms with Crippen molar-refractivity contribution in [1.29, 1.82) is 0 Å². The molecule has 1 aliphatic carbocycles. The first kappa shape index (κ1) is 19.5. The summed E-state index contributed by atoms with van der Waals surface area (Å²) in [5, 5.41) is 19.7. The van der Waals surface area contributed by atoms with Crippen LogP contribution in [0.2, 0.25) is 0 Å². The lowest BCUT2D eigenvalue weighted by molar-refractivity contribution is 0.0462. The summed E-state index contributed by atoms with van der Waals surface area (Å²) in [7, 11) is 0. The lowest BCUT2D eigenvalue weighted by atomic mass is 9.77. The van der Waals surface area contributed by atoms with Gasteiger partial charge in [0.25, 0.3) is 5.91 Å². The number of aromatic nitrogens is 2. The first-order chi connectivity index (χ1) is 12.7. The Labute approximate surface area is 164 Å². The zero-order valence-corrected chi connectivity index (χ0v) is 15.7. The number of nitrogens with zero attached hydrogens (tertiary/aromatic N) is 2. The molecule has 1 aliphatic heterocycles. The van der Waals surface area contributed by atoms with Gasteiger partial charge in [0, 0.05) is 18.1 Å². The maximum atomic E-state index is 12.5. The van der Waals surface area contributed by atoms with Crippen molar-refractivity contribution in [2.24, 2.45) is 11.8 Å². The van der Waals surface area contributed by atoms with E-state index in [0.717, 1.165) is 31.6 Å². The number of fused-ring (bicyclic) bond motifs is 1. The molecule has 2 aliphatic rings. The normalized spacial score (nSPS) is 26.6. The molecule has 7 nitrogen and oxygen atoms in total. The number of anilines is 2. The Bertz CT molecular complexity index is 758. The summed E-state index contributed by atoms with van der Waals surface area (Å²) < 4.78 is 0. The van der Waals surface area contributed by atoms with Crippen LogP contribution in [-0.4, -0.2) is 46.2 Å². The van der Waals surface area contributed by atoms with E-state index in [1.54, 1.807) is 0 Å². The van der Waals surface area contributed by atoms with Gasteiger partial charge < -0.3 is 21.1 Å². The van der Waals surface area contributed by atoms with Crippen molar-refractivity contribution in [1.82, 2.24) is 20.6 Å². The first-order valence-electron chi connectivity index (χ1n) is 9.03. The highest BCUT2D eigenvalue weighted by Gasteiger charge is 2.39. The minimum atomic E-state index is -0.500. The molecule has 0 unspecified atom stereocenters. The van der Waals surface area contributed by atoms with Crippen LogP contribution in [0.1, 0.15) is 23.2 Å². The van der Waals surface area contributed by atoms with Gasteiger partial charge in [-0.05, 0) is 49.9 Å². The van der Waals surface area contributed by atoms with Crippen LogP contribution in [0, 0.1) is 11.8 Å². The van der Waals surface area contributed by atoms with Crippen LogP contribution in [0.15, 0.2) is 42.7 Å². The van der Waals surface area contributed by atoms with Gasteiger partial charge in [-0.25, -0.2) is 9.97 Å². The standard InChI is InChI=1S/C19H23N5O2.ClH/c25-17-7-13-9-20-8-12(13)6-16(17)24-18(26)14-10-21-19(22-11-14)23-15-4-2-1-3-5-15;/h1-5,10-13,16-17,20,25H,6-9H2,(H,24,26)(H,21,22,23);1H/t12-,13+,16-,17-;/m0./s1. The summed E-state index contributed by atoms with van der Waals surface area (Å²) >= 11 is 0. The van der Waals surface area contributed by atoms with Crippen molar-refractivity contribution in [3.8, 4) is 0 Å². The van der Waals surface area contributed by atoms with E-state index in [4.69, 9.17) is 0 Å². The molecule has 0 radical (unpaired) electrons. The Morgan fingerprint density at radius 1 is 1.07 bits per heavy atom. The number of hydrogen-bond acceptors (Lipinski definition) is 6. The minimum Gasteiger partial charge on any atom is -0.391 e. The Kier molecular flexibility index (Phi) is 6.26. The van der Waals surface area contributed by atoms with Crippen molar-refractivity contribution in [3.05, 3.63) is 48.3 Å². The molecule has 2 heterocycles. The molecule has 8 heteroatoms. The van der Waals surface area contributed by atoms with Crippen LogP contribution in [0.5, 0.6) is 0 Å². The maximum absolute atomic E-state index is 12.5. The molecular weight excluding hydrogens is 366 g/mol. The average molecular weight is 390 g/mol. The molecule has 144 valence electrons. The SMILES string of the molecule is Cl.O=C(N[C@H]1C[C@H]2CNC[C@H]2C[C@@H]1O)c1cnc(Nc2ccccc2)nc1. The number of para-hydroxylation sites is 1. The summed E-state index contributed by atoms with van der Waals surface area (Å²) in [5.41, 5.74) is 1.28. The third kappa shape index (κ3) is 4.55. The van der Waals surface area contributed by atoms with Gasteiger partial charge in [-0.15, -0.1) is 12.4 Å². The van der Waals surface area contributed by atoms with Crippen LogP contribution >= 0.6 is 12.4 Å². The van der Waals surface area contributed by atoms with Crippen LogP contribution in [-0.2, 0) is 0 Å². The number of nitrogens with one attached hydrogen (secondary N) is 3. The zero-order valence-electron chi connectivity index (χ0n) is 14.8. The van der Waals surface area contributed by atoms with Crippen LogP contribution in [0.25, 0.3) is 0 Å². The van der Waals surface area contributed by atoms with Crippen molar-refractivity contribution in [2.45, 2.75) is 25.0 Å². The van der Waals surface area contributed by atoms with Gasteiger partial charge in [-0.2, -0.15) is 0 Å². The molecule has 4 rings (SSSR count). The van der Waals surface area contributed by atoms with E-state index in [9.17, 15) is 9.90 Å². The fraction of sp³-hybridized carbons (Fsp3) is 0.421. The quantitative estimate of drug-likeness (QED) is 0.635. The molecule has 1 aromatic heterocycles. The topological polar surface area (TPSA) is 99.2 Å². The van der Waals surface area contributed by atoms with Gasteiger partial charge in [-0.3, -0.25) is 4.79 Å². The number of rotatable bonds is 4. The number of halogens is 1. The number of amides is 1. The van der Waals surface area contributed by atoms with E-state index in [0.29, 0.717) is 23.3 Å². The van der Waals surface area contributed by atoms with E-state index >= 15 is 0 Å². The van der Waals surface area contributed by atoms with Crippen LogP contribution < -0.4 is 16.0 Å². The van der Waals surface area contributed by atoms with Gasteiger partial charge in [0.1, 0.15) is 0 Å². The van der Waals surface area contributed by atoms with Gasteiger partial charge in [0.2, 0.25) is 5.95 Å². The number of carbonyl (C=O) groups excluding carboxylic acids is 1. The summed E-state index contributed by atoms with van der Waals surface area (Å²) in [6.07, 6.45) is 4.05. The number of aliphatic hydroxyl groups excluding tert-OH is 1. The van der Waals surface area contributed by atoms with Gasteiger partial charge in [0.05, 0.1) is 17.7 Å². The number of hydrogen-bond donors (Lipinski definition) is 4. The number of carbonyl (C=O) groups is 1. The average Bonchev–Trinajstić information content (AvgIpc) is 3.10. The van der Waals surface area contributed by atoms with Crippen LogP contribution in [0.4, 0.5) is 11.6 Å². The lowest BCUT2D eigenvalue weighted by Gasteiger charge is -2.35. The monoisotopic (exact) mass is 389 g/mol. The molecule has 1 amide bonds. The fourth-order valence-corrected chi connectivity index (χ4v) is 3.86. The molecule has 4 atom stereocenters. The van der Waals surface area contributed by atoms with Crippen molar-refractivity contribution in [3.63, 3.8) is 0 Å². The highest BCUT2D eigenvalue weighted by Crippen LogP contribution is 2.33. The van der Waals surface area contributed by atoms with E-state index in [-0.39, 0.29) is 24.4 Å². The van der Waals surface area contributed by atoms with Crippen molar-refractivity contribution in [2.75, 3.05) is 18.4 Å². The predicted octanol–water partition coefficient (Wildman–Crippen LogP) is 1.73. The molecule has 4 N–H and O–H groups in total. The molecule has 1 saturated heterocycles. The van der Waals surface area contributed by atoms with Gasteiger partial charge in [0.15, 0.2) is 0 Å². The smallest absolute Gasteiger partial charge is 0.254 e. The fourth-order valence-electron chi connectivity index (χ4n) is 3.86. The first-order valence-corrected chi connectivity index (χ1v) is 9.03. The maximum Gasteiger partial charge on any atom is 0.254 e.